The third-order valence-corrected chi connectivity index (χ3v) is 2.96. The minimum absolute atomic E-state index is 0.0184. The highest BCUT2D eigenvalue weighted by atomic mass is 35.5. The van der Waals surface area contributed by atoms with Gasteiger partial charge in [0.25, 0.3) is 0 Å². The van der Waals surface area contributed by atoms with Crippen molar-refractivity contribution in [2.45, 2.75) is 19.9 Å². The molecule has 1 aromatic carbocycles. The standard InChI is InChI=1S/C12H16Cl2N2O2/c1-8(2)16(5-6-17)12(18)15-11-7-9(13)3-4-10(11)14/h3-4,7-8,17H,5-6H2,1-2H3,(H,15,18). The molecule has 2 N–H and O–H groups in total. The normalized spacial score (nSPS) is 10.6. The van der Waals surface area contributed by atoms with Gasteiger partial charge in [0.2, 0.25) is 0 Å². The fraction of sp³-hybridized carbons (Fsp3) is 0.417. The predicted molar refractivity (Wildman–Crippen MR) is 74.4 cm³/mol. The Morgan fingerprint density at radius 1 is 1.44 bits per heavy atom. The molecule has 0 saturated carbocycles. The number of halogens is 2. The van der Waals surface area contributed by atoms with Crippen LogP contribution in [0.15, 0.2) is 18.2 Å². The summed E-state index contributed by atoms with van der Waals surface area (Å²) in [5.41, 5.74) is 0.456. The number of benzene rings is 1. The highest BCUT2D eigenvalue weighted by Crippen LogP contribution is 2.25. The lowest BCUT2D eigenvalue weighted by Crippen LogP contribution is -2.41. The molecule has 1 aromatic rings. The smallest absolute Gasteiger partial charge is 0.322 e. The Kier molecular flexibility index (Phi) is 5.72. The SMILES string of the molecule is CC(C)N(CCO)C(=O)Nc1cc(Cl)ccc1Cl. The molecule has 0 spiro atoms. The van der Waals surface area contributed by atoms with Crippen LogP contribution >= 0.6 is 23.2 Å². The monoisotopic (exact) mass is 290 g/mol. The summed E-state index contributed by atoms with van der Waals surface area (Å²) in [4.78, 5) is 13.5. The molecule has 0 radical (unpaired) electrons. The van der Waals surface area contributed by atoms with Gasteiger partial charge in [0.15, 0.2) is 0 Å². The van der Waals surface area contributed by atoms with Crippen LogP contribution in [0.25, 0.3) is 0 Å². The minimum atomic E-state index is -0.316. The van der Waals surface area contributed by atoms with Crippen LogP contribution in [0.3, 0.4) is 0 Å². The molecule has 2 amide bonds. The van der Waals surface area contributed by atoms with Crippen LogP contribution in [-0.4, -0.2) is 35.2 Å². The third kappa shape index (κ3) is 4.05. The van der Waals surface area contributed by atoms with Crippen molar-refractivity contribution in [3.63, 3.8) is 0 Å². The van der Waals surface area contributed by atoms with E-state index in [2.05, 4.69) is 5.32 Å². The average Bonchev–Trinajstić information content (AvgIpc) is 2.30. The molecule has 0 aliphatic carbocycles. The Morgan fingerprint density at radius 3 is 2.67 bits per heavy atom. The number of carbonyl (C=O) groups is 1. The van der Waals surface area contributed by atoms with Gasteiger partial charge in [-0.3, -0.25) is 0 Å². The molecular formula is C12H16Cl2N2O2. The van der Waals surface area contributed by atoms with Crippen LogP contribution in [-0.2, 0) is 0 Å². The first-order valence-corrected chi connectivity index (χ1v) is 6.35. The van der Waals surface area contributed by atoms with E-state index in [0.717, 1.165) is 0 Å². The molecule has 0 bridgehead atoms. The largest absolute Gasteiger partial charge is 0.395 e. The highest BCUT2D eigenvalue weighted by molar-refractivity contribution is 6.35. The molecule has 0 unspecified atom stereocenters. The van der Waals surface area contributed by atoms with Gasteiger partial charge in [0.05, 0.1) is 17.3 Å². The van der Waals surface area contributed by atoms with E-state index in [1.165, 1.54) is 4.90 Å². The lowest BCUT2D eigenvalue weighted by molar-refractivity contribution is 0.172. The molecular weight excluding hydrogens is 275 g/mol. The fourth-order valence-electron chi connectivity index (χ4n) is 1.48. The van der Waals surface area contributed by atoms with E-state index < -0.39 is 0 Å². The molecule has 0 fully saturated rings. The Bertz CT molecular complexity index is 425. The van der Waals surface area contributed by atoms with Gasteiger partial charge in [-0.15, -0.1) is 0 Å². The van der Waals surface area contributed by atoms with Gasteiger partial charge < -0.3 is 15.3 Å². The van der Waals surface area contributed by atoms with E-state index in [0.29, 0.717) is 15.7 Å². The molecule has 0 aromatic heterocycles. The number of rotatable bonds is 4. The maximum Gasteiger partial charge on any atom is 0.322 e. The number of amides is 2. The Balaban J connectivity index is 2.82. The predicted octanol–water partition coefficient (Wildman–Crippen LogP) is 3.23. The molecule has 6 heteroatoms. The van der Waals surface area contributed by atoms with Crippen LogP contribution < -0.4 is 5.32 Å². The molecule has 1 rings (SSSR count). The lowest BCUT2D eigenvalue weighted by atomic mass is 10.3. The molecule has 0 atom stereocenters. The van der Waals surface area contributed by atoms with Gasteiger partial charge in [-0.25, -0.2) is 4.79 Å². The van der Waals surface area contributed by atoms with Crippen molar-refractivity contribution in [2.75, 3.05) is 18.5 Å². The number of nitrogens with zero attached hydrogens (tertiary/aromatic N) is 1. The number of nitrogens with one attached hydrogen (secondary N) is 1. The first-order chi connectivity index (χ1) is 8.45. The molecule has 4 nitrogen and oxygen atoms in total. The number of aliphatic hydroxyl groups excluding tert-OH is 1. The van der Waals surface area contributed by atoms with E-state index >= 15 is 0 Å². The number of urea groups is 1. The summed E-state index contributed by atoms with van der Waals surface area (Å²) in [5.74, 6) is 0. The van der Waals surface area contributed by atoms with Crippen molar-refractivity contribution < 1.29 is 9.90 Å². The van der Waals surface area contributed by atoms with E-state index in [9.17, 15) is 4.79 Å². The topological polar surface area (TPSA) is 52.6 Å². The second kappa shape index (κ2) is 6.83. The van der Waals surface area contributed by atoms with Crippen LogP contribution in [0, 0.1) is 0 Å². The second-order valence-electron chi connectivity index (χ2n) is 4.07. The number of anilines is 1. The number of carbonyl (C=O) groups excluding carboxylic acids is 1. The molecule has 0 aliphatic heterocycles. The van der Waals surface area contributed by atoms with Gasteiger partial charge in [-0.2, -0.15) is 0 Å². The summed E-state index contributed by atoms with van der Waals surface area (Å²) in [6, 6.07) is 4.51. The Morgan fingerprint density at radius 2 is 2.11 bits per heavy atom. The summed E-state index contributed by atoms with van der Waals surface area (Å²) in [5, 5.41) is 12.5. The number of hydrogen-bond donors (Lipinski definition) is 2. The van der Waals surface area contributed by atoms with Gasteiger partial charge in [0, 0.05) is 17.6 Å². The van der Waals surface area contributed by atoms with Crippen molar-refractivity contribution in [1.82, 2.24) is 4.90 Å². The van der Waals surface area contributed by atoms with E-state index in [4.69, 9.17) is 28.3 Å². The zero-order valence-corrected chi connectivity index (χ0v) is 11.8. The van der Waals surface area contributed by atoms with Crippen molar-refractivity contribution in [1.29, 1.82) is 0 Å². The van der Waals surface area contributed by atoms with Crippen LogP contribution in [0.5, 0.6) is 0 Å². The maximum absolute atomic E-state index is 12.0. The van der Waals surface area contributed by atoms with E-state index in [1.54, 1.807) is 18.2 Å². The van der Waals surface area contributed by atoms with E-state index in [1.807, 2.05) is 13.8 Å². The number of aliphatic hydroxyl groups is 1. The first-order valence-electron chi connectivity index (χ1n) is 5.59. The third-order valence-electron chi connectivity index (χ3n) is 2.40. The summed E-state index contributed by atoms with van der Waals surface area (Å²) in [7, 11) is 0. The second-order valence-corrected chi connectivity index (χ2v) is 4.91. The molecule has 0 heterocycles. The minimum Gasteiger partial charge on any atom is -0.395 e. The molecule has 18 heavy (non-hydrogen) atoms. The van der Waals surface area contributed by atoms with Crippen molar-refractivity contribution in [2.24, 2.45) is 0 Å². The summed E-state index contributed by atoms with van der Waals surface area (Å²) >= 11 is 11.8. The van der Waals surface area contributed by atoms with Crippen LogP contribution in [0.2, 0.25) is 10.0 Å². The molecule has 100 valence electrons. The zero-order chi connectivity index (χ0) is 13.7. The lowest BCUT2D eigenvalue weighted by Gasteiger charge is -2.26. The molecule has 0 saturated heterocycles. The van der Waals surface area contributed by atoms with Gasteiger partial charge >= 0.3 is 6.03 Å². The fourth-order valence-corrected chi connectivity index (χ4v) is 1.82. The van der Waals surface area contributed by atoms with Crippen molar-refractivity contribution >= 4 is 34.9 Å². The average molecular weight is 291 g/mol. The zero-order valence-electron chi connectivity index (χ0n) is 10.3. The van der Waals surface area contributed by atoms with Crippen LogP contribution in [0.1, 0.15) is 13.8 Å². The summed E-state index contributed by atoms with van der Waals surface area (Å²) in [6.45, 7) is 3.92. The van der Waals surface area contributed by atoms with Gasteiger partial charge in [0.1, 0.15) is 0 Å². The van der Waals surface area contributed by atoms with Gasteiger partial charge in [-0.05, 0) is 32.0 Å². The quantitative estimate of drug-likeness (QED) is 0.894. The summed E-state index contributed by atoms with van der Waals surface area (Å²) in [6.07, 6.45) is 0. The van der Waals surface area contributed by atoms with Crippen LogP contribution in [0.4, 0.5) is 10.5 Å². The maximum atomic E-state index is 12.0. The highest BCUT2D eigenvalue weighted by Gasteiger charge is 2.17. The Hall–Kier alpha value is -0.970. The Labute approximate surface area is 116 Å². The summed E-state index contributed by atoms with van der Waals surface area (Å²) < 4.78 is 0. The number of hydrogen-bond acceptors (Lipinski definition) is 2. The van der Waals surface area contributed by atoms with Gasteiger partial charge in [-0.1, -0.05) is 23.2 Å². The van der Waals surface area contributed by atoms with Crippen molar-refractivity contribution in [3.8, 4) is 0 Å². The molecule has 0 aliphatic rings. The first kappa shape index (κ1) is 15.1. The van der Waals surface area contributed by atoms with Crippen molar-refractivity contribution in [3.05, 3.63) is 28.2 Å². The van der Waals surface area contributed by atoms with E-state index in [-0.39, 0.29) is 25.2 Å².